The van der Waals surface area contributed by atoms with Gasteiger partial charge in [0.1, 0.15) is 0 Å². The standard InChI is InChI=1S/C11H10F2O2/c12-10(13)9-5-8(9)6-1-3-7(4-2-6)11(14)15/h1-4,8-10H,5H2,(H,14,15). The summed E-state index contributed by atoms with van der Waals surface area (Å²) < 4.78 is 24.5. The van der Waals surface area contributed by atoms with Gasteiger partial charge in [-0.2, -0.15) is 0 Å². The molecular formula is C11H10F2O2. The number of hydrogen-bond acceptors (Lipinski definition) is 1. The second kappa shape index (κ2) is 3.61. The fraction of sp³-hybridized carbons (Fsp3) is 0.364. The van der Waals surface area contributed by atoms with Crippen molar-refractivity contribution in [1.29, 1.82) is 0 Å². The summed E-state index contributed by atoms with van der Waals surface area (Å²) in [7, 11) is 0. The van der Waals surface area contributed by atoms with Gasteiger partial charge in [-0.3, -0.25) is 0 Å². The van der Waals surface area contributed by atoms with E-state index in [-0.39, 0.29) is 11.5 Å². The van der Waals surface area contributed by atoms with Gasteiger partial charge in [-0.15, -0.1) is 0 Å². The van der Waals surface area contributed by atoms with Gasteiger partial charge in [0, 0.05) is 5.92 Å². The summed E-state index contributed by atoms with van der Waals surface area (Å²) in [5.74, 6) is -1.63. The lowest BCUT2D eigenvalue weighted by atomic mass is 10.1. The zero-order valence-electron chi connectivity index (χ0n) is 7.86. The van der Waals surface area contributed by atoms with Gasteiger partial charge in [-0.05, 0) is 30.0 Å². The fourth-order valence-corrected chi connectivity index (χ4v) is 1.75. The number of rotatable bonds is 3. The SMILES string of the molecule is O=C(O)c1ccc(C2CC2C(F)F)cc1. The molecule has 1 N–H and O–H groups in total. The van der Waals surface area contributed by atoms with Gasteiger partial charge in [0.15, 0.2) is 0 Å². The Morgan fingerprint density at radius 3 is 2.33 bits per heavy atom. The average Bonchev–Trinajstić information content (AvgIpc) is 2.97. The number of carboxylic acid groups (broad SMARTS) is 1. The van der Waals surface area contributed by atoms with Crippen molar-refractivity contribution < 1.29 is 18.7 Å². The Balaban J connectivity index is 2.09. The predicted molar refractivity (Wildman–Crippen MR) is 50.3 cm³/mol. The minimum Gasteiger partial charge on any atom is -0.478 e. The molecule has 0 radical (unpaired) electrons. The highest BCUT2D eigenvalue weighted by atomic mass is 19.3. The third-order valence-electron chi connectivity index (χ3n) is 2.75. The molecule has 1 aromatic rings. The van der Waals surface area contributed by atoms with E-state index in [2.05, 4.69) is 0 Å². The summed E-state index contributed by atoms with van der Waals surface area (Å²) in [5, 5.41) is 8.65. The van der Waals surface area contributed by atoms with Crippen LogP contribution in [0.4, 0.5) is 8.78 Å². The third-order valence-corrected chi connectivity index (χ3v) is 2.75. The van der Waals surface area contributed by atoms with Crippen LogP contribution in [-0.2, 0) is 0 Å². The van der Waals surface area contributed by atoms with Crippen molar-refractivity contribution in [3.05, 3.63) is 35.4 Å². The zero-order valence-corrected chi connectivity index (χ0v) is 7.86. The van der Waals surface area contributed by atoms with E-state index >= 15 is 0 Å². The second-order valence-electron chi connectivity index (χ2n) is 3.77. The molecule has 0 saturated heterocycles. The Kier molecular flexibility index (Phi) is 2.42. The summed E-state index contributed by atoms with van der Waals surface area (Å²) in [6, 6.07) is 6.16. The highest BCUT2D eigenvalue weighted by molar-refractivity contribution is 5.87. The lowest BCUT2D eigenvalue weighted by Crippen LogP contribution is -1.97. The van der Waals surface area contributed by atoms with Gasteiger partial charge in [-0.25, -0.2) is 13.6 Å². The fourth-order valence-electron chi connectivity index (χ4n) is 1.75. The maximum atomic E-state index is 12.3. The summed E-state index contributed by atoms with van der Waals surface area (Å²) in [5.41, 5.74) is 0.998. The van der Waals surface area contributed by atoms with E-state index in [1.807, 2.05) is 0 Å². The summed E-state index contributed by atoms with van der Waals surface area (Å²) in [6.45, 7) is 0. The molecule has 0 spiro atoms. The van der Waals surface area contributed by atoms with Crippen molar-refractivity contribution in [2.45, 2.75) is 18.8 Å². The van der Waals surface area contributed by atoms with Gasteiger partial charge in [0.25, 0.3) is 0 Å². The molecule has 0 heterocycles. The van der Waals surface area contributed by atoms with Gasteiger partial charge in [-0.1, -0.05) is 12.1 Å². The van der Waals surface area contributed by atoms with Crippen molar-refractivity contribution in [3.63, 3.8) is 0 Å². The molecule has 2 unspecified atom stereocenters. The number of halogens is 2. The first-order chi connectivity index (χ1) is 7.09. The van der Waals surface area contributed by atoms with Gasteiger partial charge >= 0.3 is 5.97 Å². The molecule has 0 bridgehead atoms. The molecule has 80 valence electrons. The molecule has 1 fully saturated rings. The largest absolute Gasteiger partial charge is 0.478 e. The van der Waals surface area contributed by atoms with Crippen molar-refractivity contribution >= 4 is 5.97 Å². The van der Waals surface area contributed by atoms with E-state index < -0.39 is 18.3 Å². The predicted octanol–water partition coefficient (Wildman–Crippen LogP) is 2.75. The molecule has 2 nitrogen and oxygen atoms in total. The Morgan fingerprint density at radius 2 is 1.93 bits per heavy atom. The van der Waals surface area contributed by atoms with Crippen LogP contribution in [0.2, 0.25) is 0 Å². The van der Waals surface area contributed by atoms with Crippen LogP contribution in [0.3, 0.4) is 0 Å². The van der Waals surface area contributed by atoms with Crippen LogP contribution in [0.25, 0.3) is 0 Å². The van der Waals surface area contributed by atoms with Crippen LogP contribution < -0.4 is 0 Å². The number of hydrogen-bond donors (Lipinski definition) is 1. The van der Waals surface area contributed by atoms with Crippen molar-refractivity contribution in [2.24, 2.45) is 5.92 Å². The van der Waals surface area contributed by atoms with Crippen LogP contribution in [-0.4, -0.2) is 17.5 Å². The second-order valence-corrected chi connectivity index (χ2v) is 3.77. The van der Waals surface area contributed by atoms with Crippen LogP contribution in [0.1, 0.15) is 28.3 Å². The van der Waals surface area contributed by atoms with E-state index in [0.717, 1.165) is 5.56 Å². The molecule has 1 aromatic carbocycles. The highest BCUT2D eigenvalue weighted by Gasteiger charge is 2.44. The molecule has 0 aliphatic heterocycles. The minimum atomic E-state index is -2.27. The topological polar surface area (TPSA) is 37.3 Å². The zero-order chi connectivity index (χ0) is 11.0. The number of carboxylic acids is 1. The van der Waals surface area contributed by atoms with Gasteiger partial charge in [0.2, 0.25) is 6.43 Å². The van der Waals surface area contributed by atoms with Crippen molar-refractivity contribution in [3.8, 4) is 0 Å². The van der Waals surface area contributed by atoms with Crippen molar-refractivity contribution in [2.75, 3.05) is 0 Å². The Bertz CT molecular complexity index is 373. The maximum Gasteiger partial charge on any atom is 0.335 e. The van der Waals surface area contributed by atoms with Crippen LogP contribution in [0.5, 0.6) is 0 Å². The van der Waals surface area contributed by atoms with Gasteiger partial charge < -0.3 is 5.11 Å². The first-order valence-corrected chi connectivity index (χ1v) is 4.71. The van der Waals surface area contributed by atoms with E-state index in [4.69, 9.17) is 5.11 Å². The van der Waals surface area contributed by atoms with E-state index in [0.29, 0.717) is 6.42 Å². The molecule has 1 aliphatic carbocycles. The normalized spacial score (nSPS) is 24.2. The van der Waals surface area contributed by atoms with E-state index in [1.165, 1.54) is 12.1 Å². The summed E-state index contributed by atoms with van der Waals surface area (Å²) >= 11 is 0. The molecule has 2 atom stereocenters. The molecule has 15 heavy (non-hydrogen) atoms. The smallest absolute Gasteiger partial charge is 0.335 e. The average molecular weight is 212 g/mol. The van der Waals surface area contributed by atoms with E-state index in [1.54, 1.807) is 12.1 Å². The number of carbonyl (C=O) groups is 1. The number of aromatic carboxylic acids is 1. The first kappa shape index (κ1) is 10.1. The van der Waals surface area contributed by atoms with Crippen LogP contribution in [0, 0.1) is 5.92 Å². The van der Waals surface area contributed by atoms with Crippen LogP contribution >= 0.6 is 0 Å². The monoisotopic (exact) mass is 212 g/mol. The van der Waals surface area contributed by atoms with Crippen LogP contribution in [0.15, 0.2) is 24.3 Å². The molecule has 1 saturated carbocycles. The Morgan fingerprint density at radius 1 is 1.33 bits per heavy atom. The molecule has 4 heteroatoms. The maximum absolute atomic E-state index is 12.3. The lowest BCUT2D eigenvalue weighted by Gasteiger charge is -2.00. The highest BCUT2D eigenvalue weighted by Crippen LogP contribution is 2.50. The number of benzene rings is 1. The Labute approximate surface area is 85.5 Å². The Hall–Kier alpha value is -1.45. The summed E-state index contributed by atoms with van der Waals surface area (Å²) in [6.07, 6.45) is -1.77. The van der Waals surface area contributed by atoms with Crippen molar-refractivity contribution in [1.82, 2.24) is 0 Å². The minimum absolute atomic E-state index is 0.0900. The molecule has 0 amide bonds. The lowest BCUT2D eigenvalue weighted by molar-refractivity contribution is 0.0696. The quantitative estimate of drug-likeness (QED) is 0.836. The van der Waals surface area contributed by atoms with E-state index in [9.17, 15) is 13.6 Å². The molecule has 1 aliphatic rings. The molecular weight excluding hydrogens is 202 g/mol. The first-order valence-electron chi connectivity index (χ1n) is 4.71. The molecule has 2 rings (SSSR count). The summed E-state index contributed by atoms with van der Waals surface area (Å²) in [4.78, 5) is 10.6. The molecule has 0 aromatic heterocycles. The number of alkyl halides is 2. The third kappa shape index (κ3) is 1.98. The van der Waals surface area contributed by atoms with Gasteiger partial charge in [0.05, 0.1) is 5.56 Å².